The average molecular weight is 265 g/mol. The molecule has 2 nitrogen and oxygen atoms in total. The molecule has 0 bridgehead atoms. The Morgan fingerprint density at radius 3 is 2.61 bits per heavy atom. The van der Waals surface area contributed by atoms with Crippen LogP contribution in [0.5, 0.6) is 0 Å². The molecule has 0 heterocycles. The van der Waals surface area contributed by atoms with Gasteiger partial charge in [-0.15, -0.1) is 0 Å². The van der Waals surface area contributed by atoms with Gasteiger partial charge in [0.2, 0.25) is 0 Å². The molecule has 0 radical (unpaired) electrons. The average Bonchev–Trinajstić information content (AvgIpc) is 2.32. The van der Waals surface area contributed by atoms with Crippen LogP contribution in [0.1, 0.15) is 15.9 Å². The Morgan fingerprint density at radius 1 is 1.22 bits per heavy atom. The second-order valence-electron chi connectivity index (χ2n) is 3.91. The lowest BCUT2D eigenvalue weighted by molar-refractivity contribution is 0.0696. The molecule has 2 rings (SSSR count). The van der Waals surface area contributed by atoms with Gasteiger partial charge in [0, 0.05) is 10.6 Å². The smallest absolute Gasteiger partial charge is 0.335 e. The van der Waals surface area contributed by atoms with Gasteiger partial charge in [-0.25, -0.2) is 9.18 Å². The highest BCUT2D eigenvalue weighted by molar-refractivity contribution is 6.33. The highest BCUT2D eigenvalue weighted by Gasteiger charge is 2.13. The number of carbonyl (C=O) groups is 1. The van der Waals surface area contributed by atoms with Crippen LogP contribution in [0.4, 0.5) is 4.39 Å². The zero-order valence-electron chi connectivity index (χ0n) is 9.58. The van der Waals surface area contributed by atoms with E-state index in [1.165, 1.54) is 24.3 Å². The van der Waals surface area contributed by atoms with Crippen LogP contribution in [0, 0.1) is 12.7 Å². The predicted octanol–water partition coefficient (Wildman–Crippen LogP) is 4.15. The minimum atomic E-state index is -1.01. The van der Waals surface area contributed by atoms with E-state index in [2.05, 4.69) is 0 Å². The summed E-state index contributed by atoms with van der Waals surface area (Å²) in [5.41, 5.74) is 1.88. The summed E-state index contributed by atoms with van der Waals surface area (Å²) in [6, 6.07) is 8.88. The van der Waals surface area contributed by atoms with Crippen molar-refractivity contribution in [1.82, 2.24) is 0 Å². The molecule has 0 saturated carbocycles. The minimum Gasteiger partial charge on any atom is -0.478 e. The highest BCUT2D eigenvalue weighted by atomic mass is 35.5. The minimum absolute atomic E-state index is 0.188. The molecule has 0 unspecified atom stereocenters. The maximum atomic E-state index is 13.2. The van der Waals surface area contributed by atoms with Crippen molar-refractivity contribution >= 4 is 17.6 Å². The molecule has 0 fully saturated rings. The summed E-state index contributed by atoms with van der Waals surface area (Å²) in [4.78, 5) is 11.1. The number of benzene rings is 2. The van der Waals surface area contributed by atoms with Crippen molar-refractivity contribution in [2.24, 2.45) is 0 Å². The van der Waals surface area contributed by atoms with E-state index in [0.29, 0.717) is 21.7 Å². The number of carboxylic acids is 1. The van der Waals surface area contributed by atoms with E-state index < -0.39 is 11.8 Å². The summed E-state index contributed by atoms with van der Waals surface area (Å²) in [6.07, 6.45) is 0. The van der Waals surface area contributed by atoms with Gasteiger partial charge < -0.3 is 5.11 Å². The van der Waals surface area contributed by atoms with Gasteiger partial charge in [0.05, 0.1) is 5.56 Å². The van der Waals surface area contributed by atoms with Crippen LogP contribution in [0.2, 0.25) is 5.02 Å². The fourth-order valence-electron chi connectivity index (χ4n) is 1.86. The molecule has 0 aliphatic rings. The number of aromatic carboxylic acids is 1. The number of carboxylic acid groups (broad SMARTS) is 1. The summed E-state index contributed by atoms with van der Waals surface area (Å²) in [5.74, 6) is -1.42. The van der Waals surface area contributed by atoms with Crippen LogP contribution in [0.3, 0.4) is 0 Å². The van der Waals surface area contributed by atoms with Crippen molar-refractivity contribution in [2.45, 2.75) is 6.92 Å². The van der Waals surface area contributed by atoms with Gasteiger partial charge in [0.1, 0.15) is 5.82 Å². The highest BCUT2D eigenvalue weighted by Crippen LogP contribution is 2.32. The molecule has 18 heavy (non-hydrogen) atoms. The second-order valence-corrected chi connectivity index (χ2v) is 4.31. The first-order valence-corrected chi connectivity index (χ1v) is 5.67. The molecule has 0 amide bonds. The van der Waals surface area contributed by atoms with Gasteiger partial charge >= 0.3 is 5.97 Å². The fourth-order valence-corrected chi connectivity index (χ4v) is 2.08. The van der Waals surface area contributed by atoms with Crippen molar-refractivity contribution in [1.29, 1.82) is 0 Å². The second kappa shape index (κ2) is 4.78. The van der Waals surface area contributed by atoms with Crippen LogP contribution in [0.25, 0.3) is 11.1 Å². The summed E-state index contributed by atoms with van der Waals surface area (Å²) < 4.78 is 13.2. The largest absolute Gasteiger partial charge is 0.478 e. The number of hydrogen-bond donors (Lipinski definition) is 1. The van der Waals surface area contributed by atoms with Crippen molar-refractivity contribution in [2.75, 3.05) is 0 Å². The summed E-state index contributed by atoms with van der Waals surface area (Å²) in [6.45, 7) is 1.68. The third-order valence-corrected chi connectivity index (χ3v) is 3.11. The van der Waals surface area contributed by atoms with Gasteiger partial charge in [-0.1, -0.05) is 23.7 Å². The molecular formula is C14H10ClFO2. The fraction of sp³-hybridized carbons (Fsp3) is 0.0714. The molecule has 0 atom stereocenters. The first kappa shape index (κ1) is 12.6. The van der Waals surface area contributed by atoms with Crippen LogP contribution in [-0.2, 0) is 0 Å². The first-order chi connectivity index (χ1) is 8.50. The van der Waals surface area contributed by atoms with E-state index >= 15 is 0 Å². The molecule has 0 aliphatic carbocycles. The number of halogens is 2. The Bertz CT molecular complexity index is 623. The number of rotatable bonds is 2. The Kier molecular flexibility index (Phi) is 3.34. The van der Waals surface area contributed by atoms with Gasteiger partial charge in [-0.05, 0) is 42.3 Å². The van der Waals surface area contributed by atoms with E-state index in [1.54, 1.807) is 19.1 Å². The lowest BCUT2D eigenvalue weighted by Crippen LogP contribution is -2.01. The zero-order chi connectivity index (χ0) is 13.3. The van der Waals surface area contributed by atoms with Gasteiger partial charge in [-0.2, -0.15) is 0 Å². The molecule has 0 spiro atoms. The van der Waals surface area contributed by atoms with Crippen molar-refractivity contribution in [3.05, 3.63) is 58.4 Å². The van der Waals surface area contributed by atoms with E-state index in [4.69, 9.17) is 16.7 Å². The van der Waals surface area contributed by atoms with Crippen molar-refractivity contribution in [3.8, 4) is 11.1 Å². The lowest BCUT2D eigenvalue weighted by Gasteiger charge is -2.10. The monoisotopic (exact) mass is 264 g/mol. The molecule has 0 aromatic heterocycles. The summed E-state index contributed by atoms with van der Waals surface area (Å²) in [5, 5.41) is 9.44. The molecule has 2 aromatic rings. The standard InChI is InChI=1S/C14H10ClFO2/c1-8-10(3-2-4-11(8)14(17)18)12-7-9(16)5-6-13(12)15/h2-7H,1H3,(H,17,18). The molecule has 0 aliphatic heterocycles. The summed E-state index contributed by atoms with van der Waals surface area (Å²) in [7, 11) is 0. The van der Waals surface area contributed by atoms with Crippen LogP contribution < -0.4 is 0 Å². The van der Waals surface area contributed by atoms with Crippen LogP contribution in [0.15, 0.2) is 36.4 Å². The Hall–Kier alpha value is -1.87. The molecule has 2 aromatic carbocycles. The molecule has 0 saturated heterocycles. The Labute approximate surface area is 109 Å². The van der Waals surface area contributed by atoms with Crippen LogP contribution in [-0.4, -0.2) is 11.1 Å². The topological polar surface area (TPSA) is 37.3 Å². The van der Waals surface area contributed by atoms with E-state index in [-0.39, 0.29) is 5.56 Å². The summed E-state index contributed by atoms with van der Waals surface area (Å²) >= 11 is 6.02. The van der Waals surface area contributed by atoms with Crippen molar-refractivity contribution in [3.63, 3.8) is 0 Å². The van der Waals surface area contributed by atoms with E-state index in [9.17, 15) is 9.18 Å². The van der Waals surface area contributed by atoms with Crippen molar-refractivity contribution < 1.29 is 14.3 Å². The molecular weight excluding hydrogens is 255 g/mol. The quantitative estimate of drug-likeness (QED) is 0.885. The van der Waals surface area contributed by atoms with Crippen LogP contribution >= 0.6 is 11.6 Å². The molecule has 1 N–H and O–H groups in total. The third-order valence-electron chi connectivity index (χ3n) is 2.78. The van der Waals surface area contributed by atoms with Gasteiger partial charge in [0.25, 0.3) is 0 Å². The molecule has 4 heteroatoms. The molecule has 92 valence electrons. The first-order valence-electron chi connectivity index (χ1n) is 5.29. The van der Waals surface area contributed by atoms with Gasteiger partial charge in [0.15, 0.2) is 0 Å². The lowest BCUT2D eigenvalue weighted by atomic mass is 9.96. The van der Waals surface area contributed by atoms with Gasteiger partial charge in [-0.3, -0.25) is 0 Å². The normalized spacial score (nSPS) is 10.4. The maximum absolute atomic E-state index is 13.2. The number of hydrogen-bond acceptors (Lipinski definition) is 1. The zero-order valence-corrected chi connectivity index (χ0v) is 10.3. The van der Waals surface area contributed by atoms with E-state index in [0.717, 1.165) is 0 Å². The van der Waals surface area contributed by atoms with E-state index in [1.807, 2.05) is 0 Å². The predicted molar refractivity (Wildman–Crippen MR) is 68.5 cm³/mol. The Balaban J connectivity index is 2.68. The SMILES string of the molecule is Cc1c(C(=O)O)cccc1-c1cc(F)ccc1Cl. The Morgan fingerprint density at radius 2 is 1.94 bits per heavy atom. The third kappa shape index (κ3) is 2.22. The maximum Gasteiger partial charge on any atom is 0.335 e.